The lowest BCUT2D eigenvalue weighted by atomic mass is 10.1. The summed E-state index contributed by atoms with van der Waals surface area (Å²) in [6, 6.07) is 24.7. The summed E-state index contributed by atoms with van der Waals surface area (Å²) in [6.45, 7) is 6.12. The first kappa shape index (κ1) is 26.1. The van der Waals surface area contributed by atoms with E-state index in [9.17, 15) is 8.42 Å². The van der Waals surface area contributed by atoms with Gasteiger partial charge in [0.2, 0.25) is 10.0 Å². The number of fused-ring (bicyclic) bond motifs is 1. The minimum absolute atomic E-state index is 0.0831. The lowest BCUT2D eigenvalue weighted by Crippen LogP contribution is -2.49. The maximum absolute atomic E-state index is 13.4. The average Bonchev–Trinajstić information content (AvgIpc) is 3.53. The fourth-order valence-corrected chi connectivity index (χ4v) is 6.48. The van der Waals surface area contributed by atoms with Crippen molar-refractivity contribution in [3.63, 3.8) is 0 Å². The number of rotatable bonds is 7. The van der Waals surface area contributed by atoms with Crippen molar-refractivity contribution in [3.8, 4) is 5.69 Å². The molecule has 3 heterocycles. The third kappa shape index (κ3) is 5.08. The molecule has 0 saturated carbocycles. The molecule has 3 aromatic carbocycles. The Labute approximate surface area is 234 Å². The Morgan fingerprint density at radius 2 is 1.57 bits per heavy atom. The summed E-state index contributed by atoms with van der Waals surface area (Å²) in [5.74, 6) is 1.47. The Balaban J connectivity index is 1.19. The predicted octanol–water partition coefficient (Wildman–Crippen LogP) is 4.94. The second-order valence-electron chi connectivity index (χ2n) is 9.95. The van der Waals surface area contributed by atoms with Gasteiger partial charge in [0.25, 0.3) is 0 Å². The van der Waals surface area contributed by atoms with Gasteiger partial charge >= 0.3 is 0 Å². The van der Waals surface area contributed by atoms with Gasteiger partial charge in [-0.05, 0) is 67.9 Å². The molecule has 0 bridgehead atoms. The molecule has 1 aliphatic heterocycles. The van der Waals surface area contributed by atoms with Gasteiger partial charge < -0.3 is 5.32 Å². The number of para-hydroxylation sites is 2. The zero-order valence-corrected chi connectivity index (χ0v) is 23.3. The van der Waals surface area contributed by atoms with E-state index in [1.165, 1.54) is 0 Å². The Morgan fingerprint density at radius 1 is 0.850 bits per heavy atom. The maximum Gasteiger partial charge on any atom is 0.243 e. The summed E-state index contributed by atoms with van der Waals surface area (Å²) in [5.41, 5.74) is 3.82. The molecule has 0 amide bonds. The molecule has 1 saturated heterocycles. The molecule has 40 heavy (non-hydrogen) atoms. The van der Waals surface area contributed by atoms with Crippen molar-refractivity contribution in [2.75, 3.05) is 31.5 Å². The maximum atomic E-state index is 13.4. The topological polar surface area (TPSA) is 96.2 Å². The molecule has 9 nitrogen and oxygen atoms in total. The SMILES string of the molecule is Cc1ccccc1Nc1nc([C@@H](C)N2CCN(S(=O)(=O)c3ccc(-n4cccn4)cc3)CC2)nc2ccccc12. The number of nitrogens with one attached hydrogen (secondary N) is 1. The zero-order valence-electron chi connectivity index (χ0n) is 22.5. The van der Waals surface area contributed by atoms with Crippen molar-refractivity contribution < 1.29 is 8.42 Å². The highest BCUT2D eigenvalue weighted by atomic mass is 32.2. The molecular formula is C30H31N7O2S. The Morgan fingerprint density at radius 3 is 2.30 bits per heavy atom. The number of hydrogen-bond donors (Lipinski definition) is 1. The smallest absolute Gasteiger partial charge is 0.243 e. The number of piperazine rings is 1. The van der Waals surface area contributed by atoms with Crippen LogP contribution >= 0.6 is 0 Å². The summed E-state index contributed by atoms with van der Waals surface area (Å²) >= 11 is 0. The van der Waals surface area contributed by atoms with Crippen LogP contribution in [0, 0.1) is 6.92 Å². The van der Waals surface area contributed by atoms with Gasteiger partial charge in [0.15, 0.2) is 0 Å². The van der Waals surface area contributed by atoms with Gasteiger partial charge in [0.1, 0.15) is 11.6 Å². The van der Waals surface area contributed by atoms with Gasteiger partial charge in [-0.1, -0.05) is 30.3 Å². The van der Waals surface area contributed by atoms with Crippen LogP contribution in [0.3, 0.4) is 0 Å². The highest BCUT2D eigenvalue weighted by Gasteiger charge is 2.31. The monoisotopic (exact) mass is 553 g/mol. The molecule has 1 atom stereocenters. The number of sulfonamides is 1. The number of aromatic nitrogens is 4. The predicted molar refractivity (Wildman–Crippen MR) is 156 cm³/mol. The minimum Gasteiger partial charge on any atom is -0.339 e. The molecule has 1 N–H and O–H groups in total. The van der Waals surface area contributed by atoms with Gasteiger partial charge in [-0.3, -0.25) is 4.90 Å². The zero-order chi connectivity index (χ0) is 27.7. The van der Waals surface area contributed by atoms with Crippen molar-refractivity contribution in [1.82, 2.24) is 29.0 Å². The fourth-order valence-electron chi connectivity index (χ4n) is 5.05. The van der Waals surface area contributed by atoms with Crippen LogP contribution in [0.15, 0.2) is 96.2 Å². The van der Waals surface area contributed by atoms with Crippen LogP contribution in [-0.4, -0.2) is 63.6 Å². The molecule has 2 aromatic heterocycles. The molecule has 0 spiro atoms. The number of aryl methyl sites for hydroxylation is 1. The minimum atomic E-state index is -3.60. The van der Waals surface area contributed by atoms with E-state index in [4.69, 9.17) is 9.97 Å². The molecule has 5 aromatic rings. The Bertz CT molecular complexity index is 1730. The first-order valence-corrected chi connectivity index (χ1v) is 14.8. The van der Waals surface area contributed by atoms with E-state index in [0.717, 1.165) is 33.7 Å². The number of anilines is 2. The van der Waals surface area contributed by atoms with Gasteiger partial charge in [-0.2, -0.15) is 9.40 Å². The third-order valence-corrected chi connectivity index (χ3v) is 9.37. The van der Waals surface area contributed by atoms with E-state index in [2.05, 4.69) is 35.2 Å². The second kappa shape index (κ2) is 10.8. The molecule has 1 fully saturated rings. The summed E-state index contributed by atoms with van der Waals surface area (Å²) in [6.07, 6.45) is 3.51. The molecule has 6 rings (SSSR count). The van der Waals surface area contributed by atoms with Crippen molar-refractivity contribution in [3.05, 3.63) is 103 Å². The van der Waals surface area contributed by atoms with Gasteiger partial charge in [0.05, 0.1) is 22.1 Å². The van der Waals surface area contributed by atoms with E-state index in [0.29, 0.717) is 32.0 Å². The van der Waals surface area contributed by atoms with Crippen LogP contribution in [0.4, 0.5) is 11.5 Å². The third-order valence-electron chi connectivity index (χ3n) is 7.46. The standard InChI is InChI=1S/C30H31N7O2S/c1-22-8-3-5-10-27(22)32-30-26-9-4-6-11-28(26)33-29(34-30)23(2)35-18-20-36(21-19-35)40(38,39)25-14-12-24(13-15-25)37-17-7-16-31-37/h3-17,23H,18-21H2,1-2H3,(H,32,33,34)/t23-/m1/s1. The van der Waals surface area contributed by atoms with Crippen LogP contribution < -0.4 is 5.32 Å². The fraction of sp³-hybridized carbons (Fsp3) is 0.233. The average molecular weight is 554 g/mol. The normalized spacial score (nSPS) is 15.8. The molecule has 10 heteroatoms. The van der Waals surface area contributed by atoms with Crippen LogP contribution in [0.25, 0.3) is 16.6 Å². The van der Waals surface area contributed by atoms with E-state index in [-0.39, 0.29) is 10.9 Å². The van der Waals surface area contributed by atoms with E-state index < -0.39 is 10.0 Å². The van der Waals surface area contributed by atoms with Crippen molar-refractivity contribution in [2.45, 2.75) is 24.8 Å². The first-order chi connectivity index (χ1) is 19.4. The Kier molecular flexibility index (Phi) is 7.05. The van der Waals surface area contributed by atoms with Crippen LogP contribution in [0.2, 0.25) is 0 Å². The lowest BCUT2D eigenvalue weighted by molar-refractivity contribution is 0.141. The highest BCUT2D eigenvalue weighted by Crippen LogP contribution is 2.29. The van der Waals surface area contributed by atoms with Crippen molar-refractivity contribution in [2.24, 2.45) is 0 Å². The Hall–Kier alpha value is -4.12. The molecule has 204 valence electrons. The summed E-state index contributed by atoms with van der Waals surface area (Å²) < 4.78 is 30.0. The number of benzene rings is 3. The largest absolute Gasteiger partial charge is 0.339 e. The molecule has 0 unspecified atom stereocenters. The second-order valence-corrected chi connectivity index (χ2v) is 11.9. The van der Waals surface area contributed by atoms with Crippen molar-refractivity contribution >= 4 is 32.4 Å². The lowest BCUT2D eigenvalue weighted by Gasteiger charge is -2.37. The van der Waals surface area contributed by atoms with E-state index >= 15 is 0 Å². The van der Waals surface area contributed by atoms with Crippen LogP contribution in [-0.2, 0) is 10.0 Å². The first-order valence-electron chi connectivity index (χ1n) is 13.3. The van der Waals surface area contributed by atoms with Gasteiger partial charge in [0, 0.05) is 49.6 Å². The quantitative estimate of drug-likeness (QED) is 0.305. The summed E-state index contributed by atoms with van der Waals surface area (Å²) in [5, 5.41) is 8.67. The van der Waals surface area contributed by atoms with Crippen molar-refractivity contribution in [1.29, 1.82) is 0 Å². The summed E-state index contributed by atoms with van der Waals surface area (Å²) in [4.78, 5) is 12.4. The van der Waals surface area contributed by atoms with E-state index in [1.54, 1.807) is 39.4 Å². The van der Waals surface area contributed by atoms with Gasteiger partial charge in [-0.15, -0.1) is 0 Å². The summed E-state index contributed by atoms with van der Waals surface area (Å²) in [7, 11) is -3.60. The molecular weight excluding hydrogens is 522 g/mol. The molecule has 1 aliphatic rings. The molecule has 0 aliphatic carbocycles. The van der Waals surface area contributed by atoms with Crippen LogP contribution in [0.5, 0.6) is 0 Å². The number of hydrogen-bond acceptors (Lipinski definition) is 7. The number of nitrogens with zero attached hydrogens (tertiary/aromatic N) is 6. The van der Waals surface area contributed by atoms with Crippen LogP contribution in [0.1, 0.15) is 24.4 Å². The molecule has 0 radical (unpaired) electrons. The van der Waals surface area contributed by atoms with E-state index in [1.807, 2.05) is 54.7 Å². The van der Waals surface area contributed by atoms with Gasteiger partial charge in [-0.25, -0.2) is 23.1 Å². The highest BCUT2D eigenvalue weighted by molar-refractivity contribution is 7.89.